The van der Waals surface area contributed by atoms with Crippen LogP contribution in [0.15, 0.2) is 30.3 Å². The van der Waals surface area contributed by atoms with Crippen LogP contribution in [0.25, 0.3) is 19.5 Å². The zero-order valence-corrected chi connectivity index (χ0v) is 12.5. The Kier molecular flexibility index (Phi) is 2.98. The molecule has 0 atom stereocenters. The predicted octanol–water partition coefficient (Wildman–Crippen LogP) is 3.16. The summed E-state index contributed by atoms with van der Waals surface area (Å²) in [6, 6.07) is 10.5. The minimum atomic E-state index is 0.184. The number of nitrogens with zero attached hydrogens (tertiary/aromatic N) is 1. The van der Waals surface area contributed by atoms with Crippen LogP contribution in [0.4, 0.5) is 0 Å². The lowest BCUT2D eigenvalue weighted by Crippen LogP contribution is -2.46. The molecule has 102 valence electrons. The molecule has 5 heteroatoms. The summed E-state index contributed by atoms with van der Waals surface area (Å²) < 4.78 is 3.79. The molecule has 1 saturated heterocycles. The van der Waals surface area contributed by atoms with Crippen molar-refractivity contribution in [1.82, 2.24) is 10.2 Å². The van der Waals surface area contributed by atoms with Crippen molar-refractivity contribution in [3.05, 3.63) is 35.2 Å². The van der Waals surface area contributed by atoms with Gasteiger partial charge in [-0.25, -0.2) is 0 Å². The maximum atomic E-state index is 12.5. The van der Waals surface area contributed by atoms with Gasteiger partial charge in [0.25, 0.3) is 5.91 Å². The molecule has 20 heavy (non-hydrogen) atoms. The molecular formula is C15H14N2OS2. The van der Waals surface area contributed by atoms with Crippen molar-refractivity contribution in [1.29, 1.82) is 0 Å². The molecule has 0 spiro atoms. The van der Waals surface area contributed by atoms with E-state index in [-0.39, 0.29) is 5.91 Å². The molecule has 1 N–H and O–H groups in total. The average molecular weight is 302 g/mol. The Bertz CT molecular complexity index is 783. The number of amides is 1. The standard InChI is InChI=1S/C15H14N2OS2/c18-15(17-7-5-16-6-8-17)13-9-12-14(20-13)10-3-1-2-4-11(10)19-12/h1-4,9,16H,5-8H2. The van der Waals surface area contributed by atoms with Crippen molar-refractivity contribution in [2.45, 2.75) is 0 Å². The number of hydrogen-bond donors (Lipinski definition) is 1. The third-order valence-corrected chi connectivity index (χ3v) is 6.07. The molecule has 0 aliphatic carbocycles. The monoisotopic (exact) mass is 302 g/mol. The van der Waals surface area contributed by atoms with E-state index in [1.807, 2.05) is 4.90 Å². The smallest absolute Gasteiger partial charge is 0.264 e. The second kappa shape index (κ2) is 4.84. The van der Waals surface area contributed by atoms with E-state index in [1.165, 1.54) is 19.5 Å². The zero-order valence-electron chi connectivity index (χ0n) is 10.9. The molecule has 2 aromatic heterocycles. The van der Waals surface area contributed by atoms with Crippen LogP contribution < -0.4 is 5.32 Å². The van der Waals surface area contributed by atoms with Gasteiger partial charge in [-0.3, -0.25) is 4.79 Å². The molecule has 0 saturated carbocycles. The molecule has 1 aromatic carbocycles. The van der Waals surface area contributed by atoms with E-state index >= 15 is 0 Å². The molecular weight excluding hydrogens is 288 g/mol. The van der Waals surface area contributed by atoms with Gasteiger partial charge < -0.3 is 10.2 Å². The van der Waals surface area contributed by atoms with Crippen molar-refractivity contribution in [2.75, 3.05) is 26.2 Å². The van der Waals surface area contributed by atoms with Crippen LogP contribution in [0.1, 0.15) is 9.67 Å². The first-order valence-electron chi connectivity index (χ1n) is 6.74. The maximum absolute atomic E-state index is 12.5. The van der Waals surface area contributed by atoms with E-state index in [0.29, 0.717) is 0 Å². The number of fused-ring (bicyclic) bond motifs is 3. The van der Waals surface area contributed by atoms with Gasteiger partial charge in [0.1, 0.15) is 0 Å². The van der Waals surface area contributed by atoms with Gasteiger partial charge in [0.15, 0.2) is 0 Å². The minimum Gasteiger partial charge on any atom is -0.335 e. The number of hydrogen-bond acceptors (Lipinski definition) is 4. The Morgan fingerprint density at radius 3 is 2.75 bits per heavy atom. The fraction of sp³-hybridized carbons (Fsp3) is 0.267. The van der Waals surface area contributed by atoms with E-state index in [0.717, 1.165) is 31.1 Å². The predicted molar refractivity (Wildman–Crippen MR) is 86.0 cm³/mol. The van der Waals surface area contributed by atoms with Crippen LogP contribution in [0.2, 0.25) is 0 Å². The summed E-state index contributed by atoms with van der Waals surface area (Å²) in [6.45, 7) is 3.42. The number of piperazine rings is 1. The highest BCUT2D eigenvalue weighted by molar-refractivity contribution is 7.33. The summed E-state index contributed by atoms with van der Waals surface area (Å²) >= 11 is 3.41. The van der Waals surface area contributed by atoms with Gasteiger partial charge in [-0.05, 0) is 12.1 Å². The molecule has 1 fully saturated rings. The van der Waals surface area contributed by atoms with E-state index < -0.39 is 0 Å². The number of carbonyl (C=O) groups excluding carboxylic acids is 1. The maximum Gasteiger partial charge on any atom is 0.264 e. The minimum absolute atomic E-state index is 0.184. The van der Waals surface area contributed by atoms with Crippen molar-refractivity contribution < 1.29 is 4.79 Å². The average Bonchev–Trinajstić information content (AvgIpc) is 3.05. The van der Waals surface area contributed by atoms with Crippen LogP contribution >= 0.6 is 22.7 Å². The Labute approximate surface area is 124 Å². The summed E-state index contributed by atoms with van der Waals surface area (Å²) in [5.41, 5.74) is 0. The van der Waals surface area contributed by atoms with Crippen LogP contribution in [0, 0.1) is 0 Å². The van der Waals surface area contributed by atoms with E-state index in [9.17, 15) is 4.79 Å². The topological polar surface area (TPSA) is 32.3 Å². The first-order chi connectivity index (χ1) is 9.83. The Morgan fingerprint density at radius 2 is 1.90 bits per heavy atom. The number of benzene rings is 1. The van der Waals surface area contributed by atoms with Gasteiger partial charge in [0, 0.05) is 41.0 Å². The highest BCUT2D eigenvalue weighted by Crippen LogP contribution is 2.39. The van der Waals surface area contributed by atoms with Gasteiger partial charge in [0.05, 0.1) is 9.58 Å². The molecule has 3 nitrogen and oxygen atoms in total. The molecule has 0 radical (unpaired) electrons. The number of nitrogens with one attached hydrogen (secondary N) is 1. The fourth-order valence-corrected chi connectivity index (χ4v) is 5.12. The van der Waals surface area contributed by atoms with Gasteiger partial charge in [-0.15, -0.1) is 22.7 Å². The lowest BCUT2D eigenvalue weighted by atomic mass is 10.2. The van der Waals surface area contributed by atoms with E-state index in [2.05, 4.69) is 35.6 Å². The second-order valence-corrected chi connectivity index (χ2v) is 7.08. The fourth-order valence-electron chi connectivity index (χ4n) is 2.63. The van der Waals surface area contributed by atoms with Crippen LogP contribution in [-0.2, 0) is 0 Å². The van der Waals surface area contributed by atoms with Crippen LogP contribution in [0.5, 0.6) is 0 Å². The van der Waals surface area contributed by atoms with Gasteiger partial charge in [-0.1, -0.05) is 18.2 Å². The lowest BCUT2D eigenvalue weighted by molar-refractivity contribution is 0.0741. The molecule has 4 rings (SSSR count). The highest BCUT2D eigenvalue weighted by Gasteiger charge is 2.21. The summed E-state index contributed by atoms with van der Waals surface area (Å²) in [6.07, 6.45) is 0. The summed E-state index contributed by atoms with van der Waals surface area (Å²) in [4.78, 5) is 15.3. The first-order valence-corrected chi connectivity index (χ1v) is 8.37. The van der Waals surface area contributed by atoms with Gasteiger partial charge >= 0.3 is 0 Å². The summed E-state index contributed by atoms with van der Waals surface area (Å²) in [5.74, 6) is 0.184. The Morgan fingerprint density at radius 1 is 1.10 bits per heavy atom. The SMILES string of the molecule is O=C(c1cc2sc3ccccc3c2s1)N1CCNCC1. The Hall–Kier alpha value is -1.43. The molecule has 1 aliphatic rings. The third-order valence-electron chi connectivity index (χ3n) is 3.66. The normalized spacial score (nSPS) is 16.1. The lowest BCUT2D eigenvalue weighted by Gasteiger charge is -2.26. The molecule has 0 unspecified atom stereocenters. The van der Waals surface area contributed by atoms with Crippen LogP contribution in [-0.4, -0.2) is 37.0 Å². The van der Waals surface area contributed by atoms with Crippen molar-refractivity contribution in [3.63, 3.8) is 0 Å². The largest absolute Gasteiger partial charge is 0.335 e. The van der Waals surface area contributed by atoms with E-state index in [1.54, 1.807) is 22.7 Å². The highest BCUT2D eigenvalue weighted by atomic mass is 32.1. The van der Waals surface area contributed by atoms with Crippen LogP contribution in [0.3, 0.4) is 0 Å². The third kappa shape index (κ3) is 1.93. The molecule has 1 amide bonds. The first kappa shape index (κ1) is 12.3. The van der Waals surface area contributed by atoms with Crippen molar-refractivity contribution >= 4 is 48.1 Å². The number of rotatable bonds is 1. The quantitative estimate of drug-likeness (QED) is 0.749. The molecule has 3 aromatic rings. The van der Waals surface area contributed by atoms with Crippen molar-refractivity contribution in [2.24, 2.45) is 0 Å². The summed E-state index contributed by atoms with van der Waals surface area (Å²) in [5, 5.41) is 4.55. The Balaban J connectivity index is 1.75. The molecule has 0 bridgehead atoms. The molecule has 1 aliphatic heterocycles. The second-order valence-electron chi connectivity index (χ2n) is 4.94. The zero-order chi connectivity index (χ0) is 13.5. The number of thiophene rings is 2. The van der Waals surface area contributed by atoms with Gasteiger partial charge in [0.2, 0.25) is 0 Å². The van der Waals surface area contributed by atoms with E-state index in [4.69, 9.17) is 0 Å². The summed E-state index contributed by atoms with van der Waals surface area (Å²) in [7, 11) is 0. The van der Waals surface area contributed by atoms with Crippen molar-refractivity contribution in [3.8, 4) is 0 Å². The number of carbonyl (C=O) groups is 1. The van der Waals surface area contributed by atoms with Gasteiger partial charge in [-0.2, -0.15) is 0 Å². The molecule has 3 heterocycles.